The van der Waals surface area contributed by atoms with Crippen molar-refractivity contribution in [3.63, 3.8) is 0 Å². The first-order chi connectivity index (χ1) is 18.3. The molecule has 0 bridgehead atoms. The van der Waals surface area contributed by atoms with Crippen LogP contribution in [0.4, 0.5) is 31.5 Å². The Morgan fingerprint density at radius 2 is 1.73 bits per heavy atom. The van der Waals surface area contributed by atoms with Crippen LogP contribution in [-0.4, -0.2) is 63.6 Å². The lowest BCUT2D eigenvalue weighted by molar-refractivity contribution is -0.139. The number of piperidine rings is 1. The Bertz CT molecular complexity index is 1220. The Labute approximate surface area is 229 Å². The Morgan fingerprint density at radius 3 is 2.30 bits per heavy atom. The normalized spacial score (nSPS) is 18.4. The van der Waals surface area contributed by atoms with Gasteiger partial charge in [0.1, 0.15) is 29.0 Å². The van der Waals surface area contributed by atoms with E-state index in [1.165, 1.54) is 11.1 Å². The molecule has 1 fully saturated rings. The van der Waals surface area contributed by atoms with Crippen molar-refractivity contribution in [1.82, 2.24) is 19.8 Å². The molecule has 13 heteroatoms. The molecule has 1 aliphatic rings. The molecule has 0 radical (unpaired) electrons. The van der Waals surface area contributed by atoms with Gasteiger partial charge in [-0.25, -0.2) is 23.4 Å². The van der Waals surface area contributed by atoms with Gasteiger partial charge >= 0.3 is 18.4 Å². The van der Waals surface area contributed by atoms with Crippen LogP contribution in [0.25, 0.3) is 11.3 Å². The molecule has 3 rings (SSSR count). The van der Waals surface area contributed by atoms with Crippen LogP contribution in [0.1, 0.15) is 65.3 Å². The number of amides is 2. The van der Waals surface area contributed by atoms with Crippen LogP contribution in [0.15, 0.2) is 24.4 Å². The predicted molar refractivity (Wildman–Crippen MR) is 137 cm³/mol. The van der Waals surface area contributed by atoms with Gasteiger partial charge < -0.3 is 24.3 Å². The molecule has 0 spiro atoms. The second-order valence-corrected chi connectivity index (χ2v) is 11.6. The zero-order chi connectivity index (χ0) is 30.0. The molecule has 2 amide bonds. The van der Waals surface area contributed by atoms with Gasteiger partial charge in [-0.05, 0) is 66.2 Å². The van der Waals surface area contributed by atoms with Gasteiger partial charge in [0.05, 0.1) is 23.7 Å². The van der Waals surface area contributed by atoms with Gasteiger partial charge in [-0.1, -0.05) is 0 Å². The number of aromatic nitrogens is 2. The van der Waals surface area contributed by atoms with E-state index in [0.717, 1.165) is 6.07 Å². The number of carbonyl (C=O) groups is 2. The van der Waals surface area contributed by atoms with Gasteiger partial charge in [0.2, 0.25) is 0 Å². The fraction of sp³-hybridized carbons (Fsp3) is 0.593. The maximum atomic E-state index is 15.5. The van der Waals surface area contributed by atoms with E-state index in [2.05, 4.69) is 10.3 Å². The summed E-state index contributed by atoms with van der Waals surface area (Å²) in [5.41, 5.74) is -2.84. The third-order valence-corrected chi connectivity index (χ3v) is 5.92. The van der Waals surface area contributed by atoms with E-state index in [4.69, 9.17) is 9.47 Å². The Hall–Kier alpha value is -3.38. The fourth-order valence-electron chi connectivity index (χ4n) is 4.23. The van der Waals surface area contributed by atoms with E-state index >= 15 is 4.39 Å². The van der Waals surface area contributed by atoms with E-state index in [-0.39, 0.29) is 49.7 Å². The fourth-order valence-corrected chi connectivity index (χ4v) is 4.23. The lowest BCUT2D eigenvalue weighted by Gasteiger charge is -2.35. The molecule has 0 aliphatic carbocycles. The number of alkyl carbamates (subject to hydrolysis) is 1. The summed E-state index contributed by atoms with van der Waals surface area (Å²) in [7, 11) is 0. The highest BCUT2D eigenvalue weighted by atomic mass is 19.4. The smallest absolute Gasteiger partial charge is 0.419 e. The number of nitrogens with one attached hydrogen (secondary N) is 1. The molecule has 1 aliphatic heterocycles. The van der Waals surface area contributed by atoms with Crippen molar-refractivity contribution >= 4 is 12.2 Å². The summed E-state index contributed by atoms with van der Waals surface area (Å²) in [4.78, 5) is 30.2. The largest absolute Gasteiger partial charge is 0.444 e. The van der Waals surface area contributed by atoms with Crippen molar-refractivity contribution in [1.29, 1.82) is 0 Å². The third kappa shape index (κ3) is 8.31. The maximum absolute atomic E-state index is 15.5. The molecule has 2 unspecified atom stereocenters. The molecule has 2 heterocycles. The molecule has 1 aromatic carbocycles. The van der Waals surface area contributed by atoms with Crippen LogP contribution in [-0.2, 0) is 22.2 Å². The second-order valence-electron chi connectivity index (χ2n) is 11.6. The SMILES string of the molecule is CC(C)(C)OC(=O)NCCn1cc(-c2ccc(F)c(C(F)(F)F)c2)nc1C1CCN(C(=O)OC(C)(C)C)CC1F. The number of halogens is 5. The van der Waals surface area contributed by atoms with Gasteiger partial charge in [0.15, 0.2) is 0 Å². The summed E-state index contributed by atoms with van der Waals surface area (Å²) in [6, 6.07) is 2.53. The van der Waals surface area contributed by atoms with E-state index in [1.54, 1.807) is 46.1 Å². The predicted octanol–water partition coefficient (Wildman–Crippen LogP) is 6.30. The van der Waals surface area contributed by atoms with E-state index in [9.17, 15) is 27.2 Å². The quantitative estimate of drug-likeness (QED) is 0.424. The molecule has 2 aromatic rings. The minimum Gasteiger partial charge on any atom is -0.444 e. The lowest BCUT2D eigenvalue weighted by Crippen LogP contribution is -2.46. The monoisotopic (exact) mass is 574 g/mol. The zero-order valence-corrected chi connectivity index (χ0v) is 23.4. The first-order valence-electron chi connectivity index (χ1n) is 12.9. The van der Waals surface area contributed by atoms with Crippen LogP contribution < -0.4 is 5.32 Å². The number of alkyl halides is 4. The molecule has 222 valence electrons. The molecule has 40 heavy (non-hydrogen) atoms. The van der Waals surface area contributed by atoms with Gasteiger partial charge in [0, 0.05) is 31.4 Å². The number of benzene rings is 1. The highest BCUT2D eigenvalue weighted by molar-refractivity contribution is 5.68. The summed E-state index contributed by atoms with van der Waals surface area (Å²) in [5.74, 6) is -1.98. The summed E-state index contributed by atoms with van der Waals surface area (Å²) < 4.78 is 81.4. The van der Waals surface area contributed by atoms with Crippen molar-refractivity contribution in [2.24, 2.45) is 0 Å². The molecule has 2 atom stereocenters. The molecule has 8 nitrogen and oxygen atoms in total. The molecule has 1 saturated heterocycles. The number of nitrogens with zero attached hydrogens (tertiary/aromatic N) is 3. The number of likely N-dealkylation sites (tertiary alicyclic amines) is 1. The first-order valence-corrected chi connectivity index (χ1v) is 12.9. The number of hydrogen-bond acceptors (Lipinski definition) is 5. The average molecular weight is 575 g/mol. The van der Waals surface area contributed by atoms with Crippen LogP contribution in [0.5, 0.6) is 0 Å². The standard InChI is InChI=1S/C27H35F5N4O4/c1-25(2,3)39-23(37)33-10-12-35-15-21(16-7-8-19(28)18(13-16)27(30,31)32)34-22(35)17-9-11-36(14-20(17)29)24(38)40-26(4,5)6/h7-8,13,15,17,20H,9-12,14H2,1-6H3,(H,33,37). The Balaban J connectivity index is 1.88. The molecule has 1 N–H and O–H groups in total. The van der Waals surface area contributed by atoms with Crippen LogP contribution in [0, 0.1) is 5.82 Å². The van der Waals surface area contributed by atoms with Crippen LogP contribution in [0.3, 0.4) is 0 Å². The van der Waals surface area contributed by atoms with Gasteiger partial charge in [-0.15, -0.1) is 0 Å². The van der Waals surface area contributed by atoms with Crippen molar-refractivity contribution in [3.8, 4) is 11.3 Å². The number of carbonyl (C=O) groups excluding carboxylic acids is 2. The van der Waals surface area contributed by atoms with Crippen molar-refractivity contribution in [2.75, 3.05) is 19.6 Å². The molecular formula is C27H35F5N4O4. The second kappa shape index (κ2) is 11.6. The van der Waals surface area contributed by atoms with Gasteiger partial charge in [-0.3, -0.25) is 0 Å². The summed E-state index contributed by atoms with van der Waals surface area (Å²) in [5, 5.41) is 2.59. The van der Waals surface area contributed by atoms with E-state index in [0.29, 0.717) is 12.1 Å². The number of ether oxygens (including phenoxy) is 2. The molecule has 1 aromatic heterocycles. The molecule has 0 saturated carbocycles. The lowest BCUT2D eigenvalue weighted by atomic mass is 9.94. The van der Waals surface area contributed by atoms with Crippen LogP contribution in [0.2, 0.25) is 0 Å². The molecular weight excluding hydrogens is 539 g/mol. The zero-order valence-electron chi connectivity index (χ0n) is 23.4. The maximum Gasteiger partial charge on any atom is 0.419 e. The highest BCUT2D eigenvalue weighted by Crippen LogP contribution is 2.36. The van der Waals surface area contributed by atoms with E-state index < -0.39 is 53.0 Å². The van der Waals surface area contributed by atoms with Crippen molar-refractivity contribution in [2.45, 2.75) is 84.0 Å². The van der Waals surface area contributed by atoms with Gasteiger partial charge in [-0.2, -0.15) is 13.2 Å². The summed E-state index contributed by atoms with van der Waals surface area (Å²) in [6.07, 6.45) is -6.17. The summed E-state index contributed by atoms with van der Waals surface area (Å²) in [6.45, 7) is 10.3. The van der Waals surface area contributed by atoms with E-state index in [1.807, 2.05) is 0 Å². The minimum absolute atomic E-state index is 0.00424. The highest BCUT2D eigenvalue weighted by Gasteiger charge is 2.38. The first kappa shape index (κ1) is 31.2. The third-order valence-electron chi connectivity index (χ3n) is 5.92. The average Bonchev–Trinajstić information content (AvgIpc) is 3.20. The number of hydrogen-bond donors (Lipinski definition) is 1. The van der Waals surface area contributed by atoms with Gasteiger partial charge in [0.25, 0.3) is 0 Å². The Kier molecular flexibility index (Phi) is 9.05. The topological polar surface area (TPSA) is 85.7 Å². The number of rotatable bonds is 5. The van der Waals surface area contributed by atoms with Crippen molar-refractivity contribution in [3.05, 3.63) is 41.6 Å². The minimum atomic E-state index is -4.92. The number of imidazole rings is 1. The Morgan fingerprint density at radius 1 is 1.07 bits per heavy atom. The summed E-state index contributed by atoms with van der Waals surface area (Å²) >= 11 is 0. The van der Waals surface area contributed by atoms with Crippen LogP contribution >= 0.6 is 0 Å². The van der Waals surface area contributed by atoms with Crippen molar-refractivity contribution < 1.29 is 41.0 Å².